The predicted molar refractivity (Wildman–Crippen MR) is 81.3 cm³/mol. The summed E-state index contributed by atoms with van der Waals surface area (Å²) >= 11 is 6.13. The molecule has 0 N–H and O–H groups in total. The molecule has 3 rings (SSSR count). The zero-order chi connectivity index (χ0) is 16.4. The van der Waals surface area contributed by atoms with Crippen molar-refractivity contribution in [2.75, 3.05) is 6.61 Å². The molecule has 2 aromatic rings. The van der Waals surface area contributed by atoms with E-state index in [9.17, 15) is 13.2 Å². The second-order valence-corrected chi connectivity index (χ2v) is 5.57. The molecule has 1 aliphatic rings. The molecular weight excluding hydrogens is 327 g/mol. The van der Waals surface area contributed by atoms with E-state index in [-0.39, 0.29) is 12.0 Å². The van der Waals surface area contributed by atoms with Crippen molar-refractivity contribution in [1.82, 2.24) is 4.98 Å². The van der Waals surface area contributed by atoms with Crippen molar-refractivity contribution in [3.63, 3.8) is 0 Å². The Kier molecular flexibility index (Phi) is 4.41. The maximum absolute atomic E-state index is 12.7. The van der Waals surface area contributed by atoms with Crippen LogP contribution in [0.15, 0.2) is 54.7 Å². The molecule has 1 aromatic carbocycles. The lowest BCUT2D eigenvalue weighted by Crippen LogP contribution is -2.18. The standard InChI is InChI=1S/C17H13ClF3NO/c18-16-14(3-1-9-22-16)15-13(4-2-10-23-15)11-5-7-12(8-6-11)17(19,20)21/h1-9,13,15H,10H2/t13-,15+/m1/s1. The minimum absolute atomic E-state index is 0.215. The van der Waals surface area contributed by atoms with Gasteiger partial charge in [-0.15, -0.1) is 0 Å². The summed E-state index contributed by atoms with van der Waals surface area (Å²) in [4.78, 5) is 4.04. The SMILES string of the molecule is FC(F)(F)c1ccc([C@H]2C=CCO[C@@H]2c2cccnc2Cl)cc1. The first-order valence-electron chi connectivity index (χ1n) is 7.02. The molecule has 0 bridgehead atoms. The van der Waals surface area contributed by atoms with Crippen LogP contribution in [0.4, 0.5) is 13.2 Å². The second kappa shape index (κ2) is 6.34. The highest BCUT2D eigenvalue weighted by molar-refractivity contribution is 6.30. The lowest BCUT2D eigenvalue weighted by molar-refractivity contribution is -0.137. The highest BCUT2D eigenvalue weighted by Gasteiger charge is 2.32. The van der Waals surface area contributed by atoms with E-state index in [1.54, 1.807) is 12.3 Å². The van der Waals surface area contributed by atoms with Crippen molar-refractivity contribution >= 4 is 11.6 Å². The van der Waals surface area contributed by atoms with Gasteiger partial charge in [0.1, 0.15) is 5.15 Å². The summed E-state index contributed by atoms with van der Waals surface area (Å²) in [6.45, 7) is 0.424. The van der Waals surface area contributed by atoms with E-state index in [0.29, 0.717) is 11.8 Å². The summed E-state index contributed by atoms with van der Waals surface area (Å²) in [7, 11) is 0. The highest BCUT2D eigenvalue weighted by atomic mass is 35.5. The molecule has 0 aliphatic carbocycles. The number of aromatic nitrogens is 1. The van der Waals surface area contributed by atoms with Gasteiger partial charge < -0.3 is 4.74 Å². The molecule has 0 unspecified atom stereocenters. The first-order valence-corrected chi connectivity index (χ1v) is 7.40. The van der Waals surface area contributed by atoms with E-state index < -0.39 is 11.7 Å². The molecule has 1 aliphatic heterocycles. The fourth-order valence-corrected chi connectivity index (χ4v) is 2.87. The van der Waals surface area contributed by atoms with Crippen LogP contribution >= 0.6 is 11.6 Å². The molecule has 2 heterocycles. The molecule has 6 heteroatoms. The van der Waals surface area contributed by atoms with E-state index in [1.807, 2.05) is 18.2 Å². The monoisotopic (exact) mass is 339 g/mol. The third-order valence-electron chi connectivity index (χ3n) is 3.76. The number of hydrogen-bond donors (Lipinski definition) is 0. The maximum atomic E-state index is 12.7. The fourth-order valence-electron chi connectivity index (χ4n) is 2.64. The van der Waals surface area contributed by atoms with Gasteiger partial charge in [0.15, 0.2) is 0 Å². The van der Waals surface area contributed by atoms with Gasteiger partial charge in [-0.2, -0.15) is 13.2 Å². The van der Waals surface area contributed by atoms with E-state index >= 15 is 0 Å². The first-order chi connectivity index (χ1) is 11.0. The molecule has 2 atom stereocenters. The largest absolute Gasteiger partial charge is 0.416 e. The Bertz CT molecular complexity index is 713. The topological polar surface area (TPSA) is 22.1 Å². The molecule has 1 aromatic heterocycles. The van der Waals surface area contributed by atoms with Crippen LogP contribution in [-0.4, -0.2) is 11.6 Å². The van der Waals surface area contributed by atoms with Crippen molar-refractivity contribution < 1.29 is 17.9 Å². The molecule has 23 heavy (non-hydrogen) atoms. The maximum Gasteiger partial charge on any atom is 0.416 e. The van der Waals surface area contributed by atoms with Gasteiger partial charge in [0.25, 0.3) is 0 Å². The zero-order valence-corrected chi connectivity index (χ0v) is 12.7. The minimum Gasteiger partial charge on any atom is -0.368 e. The van der Waals surface area contributed by atoms with Crippen molar-refractivity contribution in [3.8, 4) is 0 Å². The summed E-state index contributed by atoms with van der Waals surface area (Å²) in [5, 5.41) is 0.338. The average molecular weight is 340 g/mol. The normalized spacial score (nSPS) is 21.4. The molecule has 120 valence electrons. The summed E-state index contributed by atoms with van der Waals surface area (Å²) in [6.07, 6.45) is 0.641. The van der Waals surface area contributed by atoms with E-state index in [0.717, 1.165) is 23.3 Å². The van der Waals surface area contributed by atoms with Crippen LogP contribution in [0.25, 0.3) is 0 Å². The highest BCUT2D eigenvalue weighted by Crippen LogP contribution is 2.40. The van der Waals surface area contributed by atoms with Crippen LogP contribution in [0.3, 0.4) is 0 Å². The summed E-state index contributed by atoms with van der Waals surface area (Å²) < 4.78 is 43.9. The second-order valence-electron chi connectivity index (χ2n) is 5.21. The predicted octanol–water partition coefficient (Wildman–Crippen LogP) is 5.17. The number of halogens is 4. The molecule has 0 radical (unpaired) electrons. The molecule has 0 spiro atoms. The van der Waals surface area contributed by atoms with Gasteiger partial charge >= 0.3 is 6.18 Å². The third-order valence-corrected chi connectivity index (χ3v) is 4.07. The van der Waals surface area contributed by atoms with Gasteiger partial charge in [0.05, 0.1) is 18.3 Å². The minimum atomic E-state index is -4.34. The number of benzene rings is 1. The van der Waals surface area contributed by atoms with Gasteiger partial charge in [-0.1, -0.05) is 42.0 Å². The molecule has 2 nitrogen and oxygen atoms in total. The lowest BCUT2D eigenvalue weighted by atomic mass is 9.87. The first kappa shape index (κ1) is 16.0. The van der Waals surface area contributed by atoms with Crippen LogP contribution in [0.2, 0.25) is 5.15 Å². The summed E-state index contributed by atoms with van der Waals surface area (Å²) in [6, 6.07) is 8.69. The van der Waals surface area contributed by atoms with Crippen molar-refractivity contribution in [1.29, 1.82) is 0 Å². The molecular formula is C17H13ClF3NO. The van der Waals surface area contributed by atoms with E-state index in [4.69, 9.17) is 16.3 Å². The quantitative estimate of drug-likeness (QED) is 0.556. The number of nitrogens with zero attached hydrogens (tertiary/aromatic N) is 1. The van der Waals surface area contributed by atoms with Gasteiger partial charge in [-0.3, -0.25) is 0 Å². The van der Waals surface area contributed by atoms with Crippen molar-refractivity contribution in [3.05, 3.63) is 76.6 Å². The number of hydrogen-bond acceptors (Lipinski definition) is 2. The molecule has 0 saturated carbocycles. The number of rotatable bonds is 2. The van der Waals surface area contributed by atoms with Crippen LogP contribution in [-0.2, 0) is 10.9 Å². The number of pyridine rings is 1. The van der Waals surface area contributed by atoms with E-state index in [2.05, 4.69) is 4.98 Å². The Morgan fingerprint density at radius 3 is 2.52 bits per heavy atom. The Balaban J connectivity index is 1.95. The number of ether oxygens (including phenoxy) is 1. The summed E-state index contributed by atoms with van der Waals surface area (Å²) in [5.74, 6) is -0.215. The van der Waals surface area contributed by atoms with E-state index in [1.165, 1.54) is 12.1 Å². The van der Waals surface area contributed by atoms with Gasteiger partial charge in [-0.25, -0.2) is 4.98 Å². The molecule has 0 fully saturated rings. The van der Waals surface area contributed by atoms with Crippen LogP contribution in [0.1, 0.15) is 28.7 Å². The third kappa shape index (κ3) is 3.41. The molecule has 0 amide bonds. The van der Waals surface area contributed by atoms with Crippen LogP contribution in [0.5, 0.6) is 0 Å². The molecule has 0 saturated heterocycles. The van der Waals surface area contributed by atoms with Gasteiger partial charge in [0, 0.05) is 17.7 Å². The Morgan fingerprint density at radius 1 is 1.13 bits per heavy atom. The zero-order valence-electron chi connectivity index (χ0n) is 11.9. The Labute approximate surface area is 136 Å². The Morgan fingerprint density at radius 2 is 1.87 bits per heavy atom. The average Bonchev–Trinajstić information content (AvgIpc) is 2.55. The lowest BCUT2D eigenvalue weighted by Gasteiger charge is -2.29. The van der Waals surface area contributed by atoms with Crippen LogP contribution in [0, 0.1) is 0 Å². The van der Waals surface area contributed by atoms with Gasteiger partial charge in [-0.05, 0) is 23.8 Å². The van der Waals surface area contributed by atoms with Crippen molar-refractivity contribution in [2.24, 2.45) is 0 Å². The number of alkyl halides is 3. The van der Waals surface area contributed by atoms with Gasteiger partial charge in [0.2, 0.25) is 0 Å². The fraction of sp³-hybridized carbons (Fsp3) is 0.235. The summed E-state index contributed by atoms with van der Waals surface area (Å²) in [5.41, 5.74) is 0.792. The Hall–Kier alpha value is -1.85. The van der Waals surface area contributed by atoms with Crippen molar-refractivity contribution in [2.45, 2.75) is 18.2 Å². The van der Waals surface area contributed by atoms with Crippen LogP contribution < -0.4 is 0 Å². The smallest absolute Gasteiger partial charge is 0.368 e.